The molecule has 1 fully saturated rings. The molecule has 0 spiro atoms. The van der Waals surface area contributed by atoms with Gasteiger partial charge in [-0.3, -0.25) is 4.90 Å². The van der Waals surface area contributed by atoms with Crippen LogP contribution in [0.25, 0.3) is 0 Å². The number of sulfone groups is 1. The third-order valence-corrected chi connectivity index (χ3v) is 7.00. The molecule has 2 atom stereocenters. The lowest BCUT2D eigenvalue weighted by Gasteiger charge is -2.38. The molecule has 2 aliphatic heterocycles. The molecule has 3 rings (SSSR count). The molecular formula is C15H22N2O2S2. The van der Waals surface area contributed by atoms with Crippen molar-refractivity contribution in [3.8, 4) is 0 Å². The Morgan fingerprint density at radius 1 is 1.38 bits per heavy atom. The van der Waals surface area contributed by atoms with Crippen molar-refractivity contribution < 1.29 is 8.42 Å². The van der Waals surface area contributed by atoms with Crippen LogP contribution in [0, 0.1) is 0 Å². The molecule has 0 aliphatic carbocycles. The van der Waals surface area contributed by atoms with Crippen molar-refractivity contribution in [3.63, 3.8) is 0 Å². The molecule has 1 saturated heterocycles. The smallest absolute Gasteiger partial charge is 0.164 e. The number of hydrogen-bond donors (Lipinski definition) is 1. The standard InChI is InChI=1S/C15H22N2O2S2/c1-21(18,19)15-11-20-9-8-17(15)10-14-13-5-3-2-4-12(13)6-7-16-14/h2-5,14-16H,6-11H2,1H3. The number of fused-ring (bicyclic) bond motifs is 1. The van der Waals surface area contributed by atoms with Gasteiger partial charge in [0.25, 0.3) is 0 Å². The Balaban J connectivity index is 1.80. The normalized spacial score (nSPS) is 27.3. The Morgan fingerprint density at radius 2 is 2.19 bits per heavy atom. The summed E-state index contributed by atoms with van der Waals surface area (Å²) < 4.78 is 24.0. The van der Waals surface area contributed by atoms with Crippen LogP contribution in [-0.2, 0) is 16.3 Å². The molecular weight excluding hydrogens is 304 g/mol. The molecule has 1 aromatic rings. The van der Waals surface area contributed by atoms with Crippen molar-refractivity contribution in [3.05, 3.63) is 35.4 Å². The Kier molecular flexibility index (Phi) is 4.59. The average molecular weight is 326 g/mol. The predicted molar refractivity (Wildman–Crippen MR) is 88.4 cm³/mol. The van der Waals surface area contributed by atoms with Crippen LogP contribution in [-0.4, -0.2) is 56.1 Å². The van der Waals surface area contributed by atoms with Gasteiger partial charge < -0.3 is 5.32 Å². The third-order valence-electron chi connectivity index (χ3n) is 4.32. The maximum atomic E-state index is 12.0. The molecule has 2 aliphatic rings. The average Bonchev–Trinajstić information content (AvgIpc) is 2.47. The van der Waals surface area contributed by atoms with Crippen LogP contribution in [0.4, 0.5) is 0 Å². The zero-order valence-electron chi connectivity index (χ0n) is 12.3. The number of nitrogens with one attached hydrogen (secondary N) is 1. The summed E-state index contributed by atoms with van der Waals surface area (Å²) in [6, 6.07) is 8.74. The minimum atomic E-state index is -3.03. The highest BCUT2D eigenvalue weighted by atomic mass is 32.2. The Labute approximate surface area is 131 Å². The summed E-state index contributed by atoms with van der Waals surface area (Å²) in [5, 5.41) is 3.21. The summed E-state index contributed by atoms with van der Waals surface area (Å²) >= 11 is 1.74. The second kappa shape index (κ2) is 6.28. The fourth-order valence-electron chi connectivity index (χ4n) is 3.21. The van der Waals surface area contributed by atoms with Gasteiger partial charge in [-0.25, -0.2) is 8.42 Å². The van der Waals surface area contributed by atoms with Gasteiger partial charge in [0.1, 0.15) is 5.37 Å². The molecule has 1 aromatic carbocycles. The number of thioether (sulfide) groups is 1. The molecule has 0 aromatic heterocycles. The summed E-state index contributed by atoms with van der Waals surface area (Å²) in [6.45, 7) is 2.59. The lowest BCUT2D eigenvalue weighted by molar-refractivity contribution is 0.236. The van der Waals surface area contributed by atoms with E-state index in [0.29, 0.717) is 5.75 Å². The van der Waals surface area contributed by atoms with Crippen LogP contribution in [0.2, 0.25) is 0 Å². The van der Waals surface area contributed by atoms with Gasteiger partial charge >= 0.3 is 0 Å². The molecule has 0 amide bonds. The van der Waals surface area contributed by atoms with Crippen molar-refractivity contribution in [1.82, 2.24) is 10.2 Å². The zero-order chi connectivity index (χ0) is 14.9. The Bertz CT molecular complexity index is 603. The van der Waals surface area contributed by atoms with Gasteiger partial charge in [0.05, 0.1) is 0 Å². The van der Waals surface area contributed by atoms with Crippen LogP contribution >= 0.6 is 11.8 Å². The highest BCUT2D eigenvalue weighted by Gasteiger charge is 2.33. The van der Waals surface area contributed by atoms with Crippen LogP contribution in [0.1, 0.15) is 17.2 Å². The maximum absolute atomic E-state index is 12.0. The first-order chi connectivity index (χ1) is 10.1. The van der Waals surface area contributed by atoms with Gasteiger partial charge in [0.2, 0.25) is 0 Å². The number of nitrogens with zero attached hydrogens (tertiary/aromatic N) is 1. The molecule has 2 unspecified atom stereocenters. The summed E-state index contributed by atoms with van der Waals surface area (Å²) in [5.74, 6) is 1.70. The molecule has 0 saturated carbocycles. The molecule has 6 heteroatoms. The minimum Gasteiger partial charge on any atom is -0.309 e. The molecule has 0 bridgehead atoms. The molecule has 1 N–H and O–H groups in total. The molecule has 2 heterocycles. The number of benzene rings is 1. The van der Waals surface area contributed by atoms with E-state index >= 15 is 0 Å². The first kappa shape index (κ1) is 15.3. The summed E-state index contributed by atoms with van der Waals surface area (Å²) in [6.07, 6.45) is 2.41. The predicted octanol–water partition coefficient (Wildman–Crippen LogP) is 1.29. The van der Waals surface area contributed by atoms with E-state index in [1.165, 1.54) is 17.4 Å². The van der Waals surface area contributed by atoms with Crippen LogP contribution in [0.15, 0.2) is 24.3 Å². The van der Waals surface area contributed by atoms with Crippen molar-refractivity contribution in [2.75, 3.05) is 37.4 Å². The lowest BCUT2D eigenvalue weighted by atomic mass is 9.94. The van der Waals surface area contributed by atoms with Gasteiger partial charge in [-0.15, -0.1) is 0 Å². The first-order valence-electron chi connectivity index (χ1n) is 7.37. The molecule has 0 radical (unpaired) electrons. The van der Waals surface area contributed by atoms with Crippen molar-refractivity contribution >= 4 is 21.6 Å². The first-order valence-corrected chi connectivity index (χ1v) is 10.5. The van der Waals surface area contributed by atoms with E-state index in [-0.39, 0.29) is 11.4 Å². The van der Waals surface area contributed by atoms with Crippen LogP contribution in [0.5, 0.6) is 0 Å². The molecule has 4 nitrogen and oxygen atoms in total. The van der Waals surface area contributed by atoms with E-state index in [1.807, 2.05) is 0 Å². The number of hydrogen-bond acceptors (Lipinski definition) is 5. The SMILES string of the molecule is CS(=O)(=O)C1CSCCN1CC1NCCc2ccccc21. The fraction of sp³-hybridized carbons (Fsp3) is 0.600. The highest BCUT2D eigenvalue weighted by Crippen LogP contribution is 2.27. The van der Waals surface area contributed by atoms with E-state index in [2.05, 4.69) is 34.5 Å². The maximum Gasteiger partial charge on any atom is 0.164 e. The van der Waals surface area contributed by atoms with Crippen molar-refractivity contribution in [2.24, 2.45) is 0 Å². The summed E-state index contributed by atoms with van der Waals surface area (Å²) in [7, 11) is -3.03. The van der Waals surface area contributed by atoms with Gasteiger partial charge in [-0.05, 0) is 24.1 Å². The Morgan fingerprint density at radius 3 is 3.00 bits per heavy atom. The van der Waals surface area contributed by atoms with Gasteiger partial charge in [-0.1, -0.05) is 24.3 Å². The van der Waals surface area contributed by atoms with Gasteiger partial charge in [0, 0.05) is 36.9 Å². The second-order valence-electron chi connectivity index (χ2n) is 5.81. The minimum absolute atomic E-state index is 0.238. The quantitative estimate of drug-likeness (QED) is 0.907. The highest BCUT2D eigenvalue weighted by molar-refractivity contribution is 8.00. The molecule has 116 valence electrons. The van der Waals surface area contributed by atoms with Crippen molar-refractivity contribution in [2.45, 2.75) is 17.8 Å². The lowest BCUT2D eigenvalue weighted by Crippen LogP contribution is -2.50. The second-order valence-corrected chi connectivity index (χ2v) is 9.16. The van der Waals surface area contributed by atoms with E-state index in [0.717, 1.165) is 31.8 Å². The van der Waals surface area contributed by atoms with E-state index in [1.54, 1.807) is 11.8 Å². The van der Waals surface area contributed by atoms with E-state index in [9.17, 15) is 8.42 Å². The largest absolute Gasteiger partial charge is 0.309 e. The van der Waals surface area contributed by atoms with E-state index in [4.69, 9.17) is 0 Å². The monoisotopic (exact) mass is 326 g/mol. The summed E-state index contributed by atoms with van der Waals surface area (Å²) in [5.41, 5.74) is 2.72. The topological polar surface area (TPSA) is 49.4 Å². The summed E-state index contributed by atoms with van der Waals surface area (Å²) in [4.78, 5) is 2.14. The number of rotatable bonds is 3. The Hall–Kier alpha value is -0.560. The van der Waals surface area contributed by atoms with Crippen molar-refractivity contribution in [1.29, 1.82) is 0 Å². The third kappa shape index (κ3) is 3.44. The van der Waals surface area contributed by atoms with Gasteiger partial charge in [0.15, 0.2) is 9.84 Å². The van der Waals surface area contributed by atoms with E-state index < -0.39 is 9.84 Å². The van der Waals surface area contributed by atoms with Crippen LogP contribution < -0.4 is 5.32 Å². The fourth-order valence-corrected chi connectivity index (χ4v) is 6.16. The zero-order valence-corrected chi connectivity index (χ0v) is 13.9. The van der Waals surface area contributed by atoms with Gasteiger partial charge in [-0.2, -0.15) is 11.8 Å². The molecule has 21 heavy (non-hydrogen) atoms. The van der Waals surface area contributed by atoms with Crippen LogP contribution in [0.3, 0.4) is 0 Å².